The van der Waals surface area contributed by atoms with E-state index in [9.17, 15) is 0 Å². The number of imidazole rings is 2. The van der Waals surface area contributed by atoms with Crippen LogP contribution in [0.15, 0.2) is 55.4 Å². The number of halogens is 1. The fourth-order valence-electron chi connectivity index (χ4n) is 4.23. The molecule has 0 amide bonds. The lowest BCUT2D eigenvalue weighted by atomic mass is 10.0. The molecule has 0 bridgehead atoms. The minimum atomic E-state index is -0.390. The van der Waals surface area contributed by atoms with Crippen molar-refractivity contribution in [2.24, 2.45) is 0 Å². The minimum Gasteiger partial charge on any atom is -0.382 e. The first kappa shape index (κ1) is 21.0. The number of nitrogens with one attached hydrogen (secondary N) is 3. The second kappa shape index (κ2) is 8.01. The highest BCUT2D eigenvalue weighted by molar-refractivity contribution is 5.97. The van der Waals surface area contributed by atoms with Crippen LogP contribution in [0.25, 0.3) is 50.4 Å². The first-order chi connectivity index (χ1) is 17.0. The quantitative estimate of drug-likeness (QED) is 0.328. The van der Waals surface area contributed by atoms with Crippen LogP contribution in [0.4, 0.5) is 10.1 Å². The molecule has 5 heterocycles. The normalized spacial score (nSPS) is 11.7. The lowest BCUT2D eigenvalue weighted by Crippen LogP contribution is -2.09. The number of fused-ring (bicyclic) bond motifs is 2. The number of benzene rings is 1. The van der Waals surface area contributed by atoms with E-state index in [1.807, 2.05) is 49.7 Å². The van der Waals surface area contributed by atoms with Gasteiger partial charge in [-0.2, -0.15) is 5.10 Å². The van der Waals surface area contributed by atoms with Crippen LogP contribution in [0.1, 0.15) is 19.5 Å². The number of hydrogen-bond donors (Lipinski definition) is 3. The maximum Gasteiger partial charge on any atom is 0.166 e. The van der Waals surface area contributed by atoms with Crippen LogP contribution >= 0.6 is 0 Å². The Labute approximate surface area is 199 Å². The first-order valence-corrected chi connectivity index (χ1v) is 11.2. The highest BCUT2D eigenvalue weighted by atomic mass is 19.1. The van der Waals surface area contributed by atoms with E-state index in [-0.39, 0.29) is 6.04 Å². The molecule has 3 N–H and O–H groups in total. The zero-order chi connectivity index (χ0) is 24.1. The van der Waals surface area contributed by atoms with Gasteiger partial charge in [0.25, 0.3) is 0 Å². The topological polar surface area (TPSA) is 113 Å². The second-order valence-corrected chi connectivity index (χ2v) is 8.72. The van der Waals surface area contributed by atoms with Crippen LogP contribution in [0.5, 0.6) is 0 Å². The molecule has 6 aromatic rings. The molecule has 10 heteroatoms. The van der Waals surface area contributed by atoms with E-state index in [1.54, 1.807) is 31.0 Å². The fraction of sp³-hybridized carbons (Fsp3) is 0.160. The van der Waals surface area contributed by atoms with Gasteiger partial charge in [0.2, 0.25) is 0 Å². The molecule has 0 saturated carbocycles. The van der Waals surface area contributed by atoms with E-state index in [0.717, 1.165) is 16.9 Å². The van der Waals surface area contributed by atoms with Crippen molar-refractivity contribution in [1.82, 2.24) is 39.7 Å². The van der Waals surface area contributed by atoms with E-state index >= 15 is 4.39 Å². The summed E-state index contributed by atoms with van der Waals surface area (Å²) in [5.74, 6) is 0.688. The summed E-state index contributed by atoms with van der Waals surface area (Å²) in [6, 6.07) is 7.51. The molecule has 0 fully saturated rings. The Morgan fingerprint density at radius 2 is 1.97 bits per heavy atom. The molecule has 6 rings (SSSR count). The summed E-state index contributed by atoms with van der Waals surface area (Å²) in [5.41, 5.74) is 5.19. The van der Waals surface area contributed by atoms with E-state index in [4.69, 9.17) is 4.98 Å². The molecule has 1 aromatic carbocycles. The third-order valence-corrected chi connectivity index (χ3v) is 5.73. The number of pyridine rings is 2. The zero-order valence-electron chi connectivity index (χ0n) is 19.3. The molecule has 5 aromatic heterocycles. The molecule has 0 aliphatic carbocycles. The summed E-state index contributed by atoms with van der Waals surface area (Å²) < 4.78 is 17.8. The van der Waals surface area contributed by atoms with E-state index in [0.29, 0.717) is 44.9 Å². The van der Waals surface area contributed by atoms with Gasteiger partial charge >= 0.3 is 0 Å². The van der Waals surface area contributed by atoms with Crippen molar-refractivity contribution in [3.05, 3.63) is 66.9 Å². The van der Waals surface area contributed by atoms with Crippen LogP contribution in [-0.4, -0.2) is 45.7 Å². The third-order valence-electron chi connectivity index (χ3n) is 5.73. The Morgan fingerprint density at radius 1 is 1.09 bits per heavy atom. The van der Waals surface area contributed by atoms with Gasteiger partial charge < -0.3 is 10.3 Å². The van der Waals surface area contributed by atoms with Gasteiger partial charge in [0, 0.05) is 42.0 Å². The lowest BCUT2D eigenvalue weighted by molar-refractivity contribution is 0.643. The predicted octanol–water partition coefficient (Wildman–Crippen LogP) is 5.02. The standard InChI is InChI=1S/C25H22FN9/c1-13(2)30-16-8-15(9-27-10-16)17-4-5-18-20(21(17)26)23(34-33-18)24-31-19-6-7-28-25(22(19)32-24)35-11-14(3)29-12-35/h4-13,30H,1-3H3,(H,31,32)(H,33,34). The number of aromatic nitrogens is 8. The van der Waals surface area contributed by atoms with E-state index in [1.165, 1.54) is 0 Å². The maximum atomic E-state index is 16.0. The van der Waals surface area contributed by atoms with E-state index in [2.05, 4.69) is 35.5 Å². The molecule has 0 aliphatic rings. The van der Waals surface area contributed by atoms with Crippen LogP contribution < -0.4 is 5.32 Å². The molecule has 174 valence electrons. The number of nitrogens with zero attached hydrogens (tertiary/aromatic N) is 6. The van der Waals surface area contributed by atoms with Crippen molar-refractivity contribution < 1.29 is 4.39 Å². The molecule has 35 heavy (non-hydrogen) atoms. The van der Waals surface area contributed by atoms with Crippen molar-refractivity contribution in [2.75, 3.05) is 5.32 Å². The van der Waals surface area contributed by atoms with Crippen LogP contribution in [0.3, 0.4) is 0 Å². The van der Waals surface area contributed by atoms with Crippen molar-refractivity contribution in [1.29, 1.82) is 0 Å². The van der Waals surface area contributed by atoms with E-state index < -0.39 is 5.82 Å². The largest absolute Gasteiger partial charge is 0.382 e. The van der Waals surface area contributed by atoms with Crippen LogP contribution in [-0.2, 0) is 0 Å². The molecule has 0 atom stereocenters. The average molecular weight is 468 g/mol. The van der Waals surface area contributed by atoms with Gasteiger partial charge in [-0.25, -0.2) is 19.3 Å². The summed E-state index contributed by atoms with van der Waals surface area (Å²) in [6.45, 7) is 5.99. The van der Waals surface area contributed by atoms with Crippen molar-refractivity contribution in [3.8, 4) is 28.5 Å². The molecule has 0 radical (unpaired) electrons. The SMILES string of the molecule is Cc1cn(-c2nccc3[nH]c(-c4n[nH]c5ccc(-c6cncc(NC(C)C)c6)c(F)c45)nc23)cn1. The number of aryl methyl sites for hydroxylation is 1. The zero-order valence-corrected chi connectivity index (χ0v) is 19.3. The molecule has 0 saturated heterocycles. The van der Waals surface area contributed by atoms with Crippen molar-refractivity contribution in [3.63, 3.8) is 0 Å². The Bertz CT molecular complexity index is 1690. The minimum absolute atomic E-state index is 0.235. The Morgan fingerprint density at radius 3 is 2.77 bits per heavy atom. The second-order valence-electron chi connectivity index (χ2n) is 8.72. The molecule has 0 aliphatic heterocycles. The van der Waals surface area contributed by atoms with Crippen LogP contribution in [0.2, 0.25) is 0 Å². The van der Waals surface area contributed by atoms with Crippen molar-refractivity contribution >= 4 is 27.6 Å². The molecular formula is C25H22FN9. The molecule has 0 unspecified atom stereocenters. The molecule has 0 spiro atoms. The van der Waals surface area contributed by atoms with Gasteiger partial charge in [-0.3, -0.25) is 14.6 Å². The highest BCUT2D eigenvalue weighted by Crippen LogP contribution is 2.34. The van der Waals surface area contributed by atoms with Gasteiger partial charge in [-0.1, -0.05) is 0 Å². The summed E-state index contributed by atoms with van der Waals surface area (Å²) >= 11 is 0. The van der Waals surface area contributed by atoms with Gasteiger partial charge in [0.1, 0.15) is 23.4 Å². The number of hydrogen-bond acceptors (Lipinski definition) is 6. The van der Waals surface area contributed by atoms with Gasteiger partial charge in [-0.15, -0.1) is 0 Å². The average Bonchev–Trinajstić information content (AvgIpc) is 3.56. The Balaban J connectivity index is 1.49. The summed E-state index contributed by atoms with van der Waals surface area (Å²) in [4.78, 5) is 21.0. The highest BCUT2D eigenvalue weighted by Gasteiger charge is 2.20. The number of aromatic amines is 2. The Kier molecular flexibility index (Phi) is 4.80. The summed E-state index contributed by atoms with van der Waals surface area (Å²) in [6.07, 6.45) is 8.65. The number of anilines is 1. The smallest absolute Gasteiger partial charge is 0.166 e. The first-order valence-electron chi connectivity index (χ1n) is 11.2. The third kappa shape index (κ3) is 3.59. The maximum absolute atomic E-state index is 16.0. The summed E-state index contributed by atoms with van der Waals surface area (Å²) in [7, 11) is 0. The summed E-state index contributed by atoms with van der Waals surface area (Å²) in [5, 5.41) is 11.0. The fourth-order valence-corrected chi connectivity index (χ4v) is 4.23. The monoisotopic (exact) mass is 467 g/mol. The van der Waals surface area contributed by atoms with Gasteiger partial charge in [0.15, 0.2) is 11.6 Å². The lowest BCUT2D eigenvalue weighted by Gasteiger charge is -2.11. The predicted molar refractivity (Wildman–Crippen MR) is 133 cm³/mol. The van der Waals surface area contributed by atoms with Gasteiger partial charge in [-0.05, 0) is 45.0 Å². The number of rotatable bonds is 5. The molecular weight excluding hydrogens is 445 g/mol. The molecule has 9 nitrogen and oxygen atoms in total. The number of H-pyrrole nitrogens is 2. The Hall–Kier alpha value is -4.60. The van der Waals surface area contributed by atoms with Crippen molar-refractivity contribution in [2.45, 2.75) is 26.8 Å². The van der Waals surface area contributed by atoms with Crippen LogP contribution in [0, 0.1) is 12.7 Å². The van der Waals surface area contributed by atoms with Gasteiger partial charge in [0.05, 0.1) is 27.8 Å².